The van der Waals surface area contributed by atoms with Crippen molar-refractivity contribution in [1.82, 2.24) is 0 Å². The third-order valence-corrected chi connectivity index (χ3v) is 3.37. The number of rotatable bonds is 1. The molecule has 0 aliphatic carbocycles. The summed E-state index contributed by atoms with van der Waals surface area (Å²) < 4.78 is 4.69. The molecule has 0 amide bonds. The van der Waals surface area contributed by atoms with Gasteiger partial charge in [-0.3, -0.25) is 4.79 Å². The first-order valence-electron chi connectivity index (χ1n) is 6.25. The van der Waals surface area contributed by atoms with Gasteiger partial charge in [-0.2, -0.15) is 0 Å². The third kappa shape index (κ3) is 1.93. The molecule has 0 aliphatic rings. The van der Waals surface area contributed by atoms with E-state index >= 15 is 0 Å². The van der Waals surface area contributed by atoms with E-state index in [2.05, 4.69) is 0 Å². The standard InChI is InChI=1S/C17H12O3/c1-20-17(19)13-9-8-12-7-6-11-4-2-3-5-14(11)16(18)15(12)10-13/h2-10H,1H3. The summed E-state index contributed by atoms with van der Waals surface area (Å²) in [6.45, 7) is 0. The molecular formula is C17H12O3. The van der Waals surface area contributed by atoms with Crippen LogP contribution in [0.4, 0.5) is 0 Å². The van der Waals surface area contributed by atoms with Gasteiger partial charge in [0.15, 0.2) is 5.43 Å². The van der Waals surface area contributed by atoms with E-state index < -0.39 is 5.97 Å². The Morgan fingerprint density at radius 2 is 1.55 bits per heavy atom. The normalized spacial score (nSPS) is 10.7. The molecule has 0 bridgehead atoms. The molecule has 0 fully saturated rings. The number of methoxy groups -OCH3 is 1. The summed E-state index contributed by atoms with van der Waals surface area (Å²) >= 11 is 0. The van der Waals surface area contributed by atoms with Gasteiger partial charge in [0.2, 0.25) is 0 Å². The highest BCUT2D eigenvalue weighted by molar-refractivity contribution is 5.98. The van der Waals surface area contributed by atoms with Gasteiger partial charge in [0.05, 0.1) is 12.7 Å². The minimum Gasteiger partial charge on any atom is -0.465 e. The SMILES string of the molecule is COC(=O)c1ccc2ccc3ccccc3c(=O)c2c1. The molecule has 3 aromatic carbocycles. The Kier molecular flexibility index (Phi) is 2.95. The number of hydrogen-bond acceptors (Lipinski definition) is 3. The number of carbonyl (C=O) groups excluding carboxylic acids is 1. The summed E-state index contributed by atoms with van der Waals surface area (Å²) in [7, 11) is 1.32. The molecule has 20 heavy (non-hydrogen) atoms. The van der Waals surface area contributed by atoms with E-state index in [1.54, 1.807) is 24.3 Å². The van der Waals surface area contributed by atoms with Crippen molar-refractivity contribution in [1.29, 1.82) is 0 Å². The van der Waals surface area contributed by atoms with Crippen LogP contribution in [0.3, 0.4) is 0 Å². The van der Waals surface area contributed by atoms with Crippen molar-refractivity contribution in [3.8, 4) is 0 Å². The quantitative estimate of drug-likeness (QED) is 0.634. The van der Waals surface area contributed by atoms with Gasteiger partial charge in [0, 0.05) is 10.8 Å². The summed E-state index contributed by atoms with van der Waals surface area (Å²) in [4.78, 5) is 24.2. The zero-order valence-electron chi connectivity index (χ0n) is 10.9. The first-order chi connectivity index (χ1) is 9.70. The van der Waals surface area contributed by atoms with Gasteiger partial charge >= 0.3 is 5.97 Å². The monoisotopic (exact) mass is 264 g/mol. The van der Waals surface area contributed by atoms with Crippen LogP contribution in [-0.2, 0) is 4.74 Å². The largest absolute Gasteiger partial charge is 0.465 e. The Bertz CT molecular complexity index is 882. The maximum Gasteiger partial charge on any atom is 0.337 e. The highest BCUT2D eigenvalue weighted by Gasteiger charge is 2.08. The molecule has 3 rings (SSSR count). The number of hydrogen-bond donors (Lipinski definition) is 0. The van der Waals surface area contributed by atoms with Crippen LogP contribution in [0, 0.1) is 0 Å². The fraction of sp³-hybridized carbons (Fsp3) is 0.0588. The smallest absolute Gasteiger partial charge is 0.337 e. The Labute approximate surface area is 115 Å². The van der Waals surface area contributed by atoms with Gasteiger partial charge in [-0.1, -0.05) is 42.5 Å². The van der Waals surface area contributed by atoms with Crippen LogP contribution in [0.5, 0.6) is 0 Å². The van der Waals surface area contributed by atoms with Crippen molar-refractivity contribution in [3.63, 3.8) is 0 Å². The maximum absolute atomic E-state index is 12.6. The lowest BCUT2D eigenvalue weighted by atomic mass is 10.1. The second-order valence-electron chi connectivity index (χ2n) is 4.54. The van der Waals surface area contributed by atoms with E-state index in [0.29, 0.717) is 16.3 Å². The fourth-order valence-corrected chi connectivity index (χ4v) is 2.32. The average Bonchev–Trinajstić information content (AvgIpc) is 2.64. The van der Waals surface area contributed by atoms with Crippen molar-refractivity contribution < 1.29 is 9.53 Å². The lowest BCUT2D eigenvalue weighted by molar-refractivity contribution is 0.0601. The zero-order chi connectivity index (χ0) is 14.1. The first-order valence-corrected chi connectivity index (χ1v) is 6.25. The molecule has 0 spiro atoms. The molecule has 0 unspecified atom stereocenters. The van der Waals surface area contributed by atoms with E-state index in [9.17, 15) is 9.59 Å². The predicted molar refractivity (Wildman–Crippen MR) is 79.1 cm³/mol. The van der Waals surface area contributed by atoms with Gasteiger partial charge in [0.1, 0.15) is 0 Å². The number of ether oxygens (including phenoxy) is 1. The van der Waals surface area contributed by atoms with E-state index in [0.717, 1.165) is 10.8 Å². The molecule has 0 radical (unpaired) electrons. The summed E-state index contributed by atoms with van der Waals surface area (Å²) in [5, 5.41) is 2.85. The van der Waals surface area contributed by atoms with Gasteiger partial charge in [-0.15, -0.1) is 0 Å². The van der Waals surface area contributed by atoms with Crippen molar-refractivity contribution in [2.24, 2.45) is 0 Å². The summed E-state index contributed by atoms with van der Waals surface area (Å²) in [5.74, 6) is -0.442. The van der Waals surface area contributed by atoms with Crippen molar-refractivity contribution in [2.75, 3.05) is 7.11 Å². The van der Waals surface area contributed by atoms with Gasteiger partial charge in [-0.25, -0.2) is 4.79 Å². The molecular weight excluding hydrogens is 252 g/mol. The van der Waals surface area contributed by atoms with Gasteiger partial charge < -0.3 is 4.74 Å². The van der Waals surface area contributed by atoms with E-state index in [1.165, 1.54) is 7.11 Å². The number of carbonyl (C=O) groups is 1. The van der Waals surface area contributed by atoms with Crippen molar-refractivity contribution in [3.05, 3.63) is 70.4 Å². The minimum absolute atomic E-state index is 0.0775. The molecule has 0 saturated carbocycles. The van der Waals surface area contributed by atoms with E-state index in [1.807, 2.05) is 30.3 Å². The van der Waals surface area contributed by atoms with Crippen LogP contribution >= 0.6 is 0 Å². The molecule has 3 nitrogen and oxygen atoms in total. The third-order valence-electron chi connectivity index (χ3n) is 3.37. The second kappa shape index (κ2) is 4.78. The number of benzene rings is 2. The lowest BCUT2D eigenvalue weighted by Gasteiger charge is -1.99. The van der Waals surface area contributed by atoms with Crippen LogP contribution in [0.25, 0.3) is 21.5 Å². The predicted octanol–water partition coefficient (Wildman–Crippen LogP) is 3.14. The highest BCUT2D eigenvalue weighted by atomic mass is 16.5. The highest BCUT2D eigenvalue weighted by Crippen LogP contribution is 2.17. The number of esters is 1. The van der Waals surface area contributed by atoms with Crippen LogP contribution in [0.2, 0.25) is 0 Å². The Morgan fingerprint density at radius 1 is 0.900 bits per heavy atom. The molecule has 98 valence electrons. The van der Waals surface area contributed by atoms with Crippen LogP contribution in [0.1, 0.15) is 10.4 Å². The average molecular weight is 264 g/mol. The van der Waals surface area contributed by atoms with Gasteiger partial charge in [0.25, 0.3) is 0 Å². The lowest BCUT2D eigenvalue weighted by Crippen LogP contribution is -2.03. The summed E-state index contributed by atoms with van der Waals surface area (Å²) in [6, 6.07) is 16.2. The topological polar surface area (TPSA) is 43.4 Å². The van der Waals surface area contributed by atoms with E-state index in [4.69, 9.17) is 4.74 Å². The molecule has 3 heteroatoms. The Morgan fingerprint density at radius 3 is 2.30 bits per heavy atom. The maximum atomic E-state index is 12.6. The molecule has 3 aromatic rings. The first kappa shape index (κ1) is 12.4. The molecule has 0 heterocycles. The fourth-order valence-electron chi connectivity index (χ4n) is 2.32. The summed E-state index contributed by atoms with van der Waals surface area (Å²) in [5.41, 5.74) is 0.304. The molecule has 0 saturated heterocycles. The van der Waals surface area contributed by atoms with Crippen LogP contribution < -0.4 is 5.43 Å². The molecule has 0 atom stereocenters. The Hall–Kier alpha value is -2.68. The van der Waals surface area contributed by atoms with Crippen molar-refractivity contribution >= 4 is 27.5 Å². The number of fused-ring (bicyclic) bond motifs is 2. The van der Waals surface area contributed by atoms with Crippen LogP contribution in [0.15, 0.2) is 59.4 Å². The van der Waals surface area contributed by atoms with Crippen molar-refractivity contribution in [2.45, 2.75) is 0 Å². The van der Waals surface area contributed by atoms with Gasteiger partial charge in [-0.05, 0) is 22.9 Å². The summed E-state index contributed by atoms with van der Waals surface area (Å²) in [6.07, 6.45) is 0. The second-order valence-corrected chi connectivity index (χ2v) is 4.54. The minimum atomic E-state index is -0.442. The molecule has 0 N–H and O–H groups in total. The molecule has 0 aliphatic heterocycles. The molecule has 0 aromatic heterocycles. The van der Waals surface area contributed by atoms with E-state index in [-0.39, 0.29) is 5.43 Å². The zero-order valence-corrected chi connectivity index (χ0v) is 10.9. The Balaban J connectivity index is 2.45. The van der Waals surface area contributed by atoms with Crippen LogP contribution in [-0.4, -0.2) is 13.1 Å².